The Labute approximate surface area is 137 Å². The fourth-order valence-electron chi connectivity index (χ4n) is 4.61. The number of carbonyl (C=O) groups excluding carboxylic acids is 1. The molecular formula is C20H36O2. The van der Waals surface area contributed by atoms with Crippen LogP contribution in [-0.2, 0) is 9.53 Å². The lowest BCUT2D eigenvalue weighted by Gasteiger charge is -2.42. The monoisotopic (exact) mass is 308 g/mol. The molecule has 0 aliphatic heterocycles. The highest BCUT2D eigenvalue weighted by atomic mass is 16.5. The molecule has 0 saturated heterocycles. The van der Waals surface area contributed by atoms with Crippen molar-refractivity contribution in [2.45, 2.75) is 86.7 Å². The fraction of sp³-hybridized carbons (Fsp3) is 0.950. The van der Waals surface area contributed by atoms with Crippen molar-refractivity contribution in [2.75, 3.05) is 0 Å². The number of carbonyl (C=O) groups is 1. The first-order chi connectivity index (χ1) is 10.1. The molecule has 2 aliphatic rings. The quantitative estimate of drug-likeness (QED) is 0.648. The maximum Gasteiger partial charge on any atom is 0.312 e. The van der Waals surface area contributed by atoms with Gasteiger partial charge in [0.25, 0.3) is 0 Å². The fourth-order valence-corrected chi connectivity index (χ4v) is 4.61. The van der Waals surface area contributed by atoms with E-state index in [0.29, 0.717) is 23.7 Å². The van der Waals surface area contributed by atoms with E-state index in [1.54, 1.807) is 0 Å². The van der Waals surface area contributed by atoms with E-state index in [9.17, 15) is 4.79 Å². The highest BCUT2D eigenvalue weighted by molar-refractivity contribution is 5.78. The van der Waals surface area contributed by atoms with Gasteiger partial charge in [-0.2, -0.15) is 0 Å². The Morgan fingerprint density at radius 1 is 1.09 bits per heavy atom. The van der Waals surface area contributed by atoms with Gasteiger partial charge in [0.2, 0.25) is 0 Å². The van der Waals surface area contributed by atoms with Crippen molar-refractivity contribution in [3.63, 3.8) is 0 Å². The van der Waals surface area contributed by atoms with E-state index in [1.165, 1.54) is 12.8 Å². The molecule has 2 saturated carbocycles. The van der Waals surface area contributed by atoms with E-state index < -0.39 is 0 Å². The lowest BCUT2D eigenvalue weighted by Crippen LogP contribution is -2.45. The zero-order chi connectivity index (χ0) is 16.7. The summed E-state index contributed by atoms with van der Waals surface area (Å²) < 4.78 is 6.17. The van der Waals surface area contributed by atoms with Gasteiger partial charge in [-0.1, -0.05) is 48.0 Å². The van der Waals surface area contributed by atoms with E-state index in [-0.39, 0.29) is 22.9 Å². The third kappa shape index (κ3) is 2.95. The van der Waals surface area contributed by atoms with Gasteiger partial charge in [0.1, 0.15) is 6.10 Å². The van der Waals surface area contributed by atoms with Gasteiger partial charge in [-0.25, -0.2) is 0 Å². The maximum absolute atomic E-state index is 13.0. The molecule has 0 aromatic carbocycles. The topological polar surface area (TPSA) is 26.3 Å². The summed E-state index contributed by atoms with van der Waals surface area (Å²) >= 11 is 0. The third-order valence-corrected chi connectivity index (χ3v) is 7.40. The summed E-state index contributed by atoms with van der Waals surface area (Å²) in [6.07, 6.45) is 5.74. The van der Waals surface area contributed by atoms with Crippen LogP contribution in [0, 0.1) is 34.5 Å². The number of esters is 1. The minimum absolute atomic E-state index is 0.0255. The summed E-state index contributed by atoms with van der Waals surface area (Å²) in [6, 6.07) is 0. The van der Waals surface area contributed by atoms with Crippen LogP contribution >= 0.6 is 0 Å². The molecular weight excluding hydrogens is 272 g/mol. The summed E-state index contributed by atoms with van der Waals surface area (Å²) in [7, 11) is 0. The van der Waals surface area contributed by atoms with Gasteiger partial charge in [0.05, 0.1) is 5.41 Å². The average Bonchev–Trinajstić information content (AvgIpc) is 2.63. The van der Waals surface area contributed by atoms with Gasteiger partial charge >= 0.3 is 5.97 Å². The minimum Gasteiger partial charge on any atom is -0.462 e. The number of ether oxygens (including phenoxy) is 1. The first-order valence-corrected chi connectivity index (χ1v) is 9.30. The Bertz CT molecular complexity index is 412. The largest absolute Gasteiger partial charge is 0.462 e. The van der Waals surface area contributed by atoms with Crippen LogP contribution in [0.5, 0.6) is 0 Å². The van der Waals surface area contributed by atoms with Crippen LogP contribution in [0.3, 0.4) is 0 Å². The zero-order valence-electron chi connectivity index (χ0n) is 15.7. The van der Waals surface area contributed by atoms with Crippen LogP contribution < -0.4 is 0 Å². The second kappa shape index (κ2) is 6.17. The first kappa shape index (κ1) is 17.8. The molecule has 0 unspecified atom stereocenters. The summed E-state index contributed by atoms with van der Waals surface area (Å²) in [5.74, 6) is 2.44. The van der Waals surface area contributed by atoms with E-state index >= 15 is 0 Å². The Morgan fingerprint density at radius 2 is 1.73 bits per heavy atom. The van der Waals surface area contributed by atoms with E-state index in [0.717, 1.165) is 19.3 Å². The average molecular weight is 309 g/mol. The molecule has 2 aliphatic carbocycles. The summed E-state index contributed by atoms with van der Waals surface area (Å²) in [5, 5.41) is 0. The van der Waals surface area contributed by atoms with Crippen molar-refractivity contribution in [2.24, 2.45) is 34.5 Å². The molecule has 5 atom stereocenters. The molecule has 0 aromatic heterocycles. The molecule has 0 bridgehead atoms. The standard InChI is InChI=1S/C20H36O2/c1-13(2)16-9-8-14(3)12-17(16)22-18(21)20(7)11-10-15(4)19(20,5)6/h13-17H,8-12H2,1-7H3/t14-,15-,16-,17-,20+/m1/s1. The zero-order valence-corrected chi connectivity index (χ0v) is 15.7. The molecule has 0 radical (unpaired) electrons. The molecule has 2 fully saturated rings. The van der Waals surface area contributed by atoms with Crippen molar-refractivity contribution in [3.05, 3.63) is 0 Å². The van der Waals surface area contributed by atoms with Crippen molar-refractivity contribution in [1.29, 1.82) is 0 Å². The molecule has 0 spiro atoms. The molecule has 0 aromatic rings. The van der Waals surface area contributed by atoms with E-state index in [4.69, 9.17) is 4.74 Å². The molecule has 0 heterocycles. The Kier molecular flexibility index (Phi) is 5.00. The van der Waals surface area contributed by atoms with Crippen molar-refractivity contribution >= 4 is 5.97 Å². The molecule has 2 rings (SSSR count). The van der Waals surface area contributed by atoms with Crippen molar-refractivity contribution in [3.8, 4) is 0 Å². The normalized spacial score (nSPS) is 41.6. The maximum atomic E-state index is 13.0. The van der Waals surface area contributed by atoms with Gasteiger partial charge in [0, 0.05) is 0 Å². The van der Waals surface area contributed by atoms with Gasteiger partial charge < -0.3 is 4.74 Å². The predicted molar refractivity (Wildman–Crippen MR) is 91.5 cm³/mol. The summed E-state index contributed by atoms with van der Waals surface area (Å²) in [6.45, 7) is 15.7. The Balaban J connectivity index is 2.13. The molecule has 128 valence electrons. The van der Waals surface area contributed by atoms with Gasteiger partial charge in [-0.05, 0) is 61.7 Å². The number of hydrogen-bond donors (Lipinski definition) is 0. The van der Waals surface area contributed by atoms with Crippen LogP contribution in [0.2, 0.25) is 0 Å². The van der Waals surface area contributed by atoms with Crippen LogP contribution in [0.25, 0.3) is 0 Å². The van der Waals surface area contributed by atoms with Crippen LogP contribution in [0.1, 0.15) is 80.6 Å². The first-order valence-electron chi connectivity index (χ1n) is 9.30. The molecule has 0 amide bonds. The van der Waals surface area contributed by atoms with Crippen LogP contribution in [0.4, 0.5) is 0 Å². The van der Waals surface area contributed by atoms with Crippen molar-refractivity contribution < 1.29 is 9.53 Å². The second-order valence-corrected chi connectivity index (χ2v) is 9.26. The SMILES string of the molecule is CC(C)[C@H]1CC[C@@H](C)C[C@H]1OC(=O)[C@]1(C)CC[C@@H](C)C1(C)C. The Hall–Kier alpha value is -0.530. The predicted octanol–water partition coefficient (Wildman–Crippen LogP) is 5.45. The molecule has 0 N–H and O–H groups in total. The van der Waals surface area contributed by atoms with Gasteiger partial charge in [0.15, 0.2) is 0 Å². The summed E-state index contributed by atoms with van der Waals surface area (Å²) in [5.41, 5.74) is -0.299. The minimum atomic E-state index is -0.325. The number of rotatable bonds is 3. The van der Waals surface area contributed by atoms with Crippen LogP contribution in [0.15, 0.2) is 0 Å². The summed E-state index contributed by atoms with van der Waals surface area (Å²) in [4.78, 5) is 13.0. The van der Waals surface area contributed by atoms with Gasteiger partial charge in [-0.3, -0.25) is 4.79 Å². The number of hydrogen-bond acceptors (Lipinski definition) is 2. The molecule has 22 heavy (non-hydrogen) atoms. The highest BCUT2D eigenvalue weighted by Gasteiger charge is 2.55. The second-order valence-electron chi connectivity index (χ2n) is 9.26. The Morgan fingerprint density at radius 3 is 2.23 bits per heavy atom. The third-order valence-electron chi connectivity index (χ3n) is 7.40. The highest BCUT2D eigenvalue weighted by Crippen LogP contribution is 2.56. The lowest BCUT2D eigenvalue weighted by molar-refractivity contribution is -0.174. The van der Waals surface area contributed by atoms with Gasteiger partial charge in [-0.15, -0.1) is 0 Å². The van der Waals surface area contributed by atoms with Crippen molar-refractivity contribution in [1.82, 2.24) is 0 Å². The smallest absolute Gasteiger partial charge is 0.312 e. The molecule has 2 heteroatoms. The van der Waals surface area contributed by atoms with Crippen LogP contribution in [-0.4, -0.2) is 12.1 Å². The van der Waals surface area contributed by atoms with E-state index in [1.807, 2.05) is 0 Å². The van der Waals surface area contributed by atoms with E-state index in [2.05, 4.69) is 48.5 Å². The molecule has 2 nitrogen and oxygen atoms in total. The lowest BCUT2D eigenvalue weighted by atomic mass is 9.66.